The minimum Gasteiger partial charge on any atom is -0.441 e. The van der Waals surface area contributed by atoms with Gasteiger partial charge in [-0.05, 0) is 47.9 Å². The van der Waals surface area contributed by atoms with Gasteiger partial charge in [-0.3, -0.25) is 4.79 Å². The first-order valence-electron chi connectivity index (χ1n) is 9.49. The van der Waals surface area contributed by atoms with Gasteiger partial charge in [0.2, 0.25) is 0 Å². The normalized spacial score (nSPS) is 12.5. The minimum atomic E-state index is -1.78. The number of benzene rings is 2. The zero-order valence-electron chi connectivity index (χ0n) is 17.0. The Balaban J connectivity index is 1.94. The van der Waals surface area contributed by atoms with Crippen LogP contribution in [0.2, 0.25) is 0 Å². The van der Waals surface area contributed by atoms with Crippen molar-refractivity contribution in [3.63, 3.8) is 0 Å². The van der Waals surface area contributed by atoms with Gasteiger partial charge in [-0.1, -0.05) is 41.2 Å². The van der Waals surface area contributed by atoms with Crippen LogP contribution in [-0.4, -0.2) is 16.2 Å². The van der Waals surface area contributed by atoms with Gasteiger partial charge in [-0.15, -0.1) is 0 Å². The lowest BCUT2D eigenvalue weighted by atomic mass is 10.0. The van der Waals surface area contributed by atoms with Crippen molar-refractivity contribution in [2.45, 2.75) is 13.5 Å². The molecule has 0 atom stereocenters. The predicted molar refractivity (Wildman–Crippen MR) is 120 cm³/mol. The quantitative estimate of drug-likeness (QED) is 0.440. The summed E-state index contributed by atoms with van der Waals surface area (Å²) < 4.78 is 24.8. The Bertz CT molecular complexity index is 1340. The third kappa shape index (κ3) is 3.94. The van der Waals surface area contributed by atoms with Crippen molar-refractivity contribution in [3.05, 3.63) is 88.5 Å². The molecule has 2 aromatic heterocycles. The minimum absolute atomic E-state index is 0.0299. The zero-order chi connectivity index (χ0) is 21.3. The monoisotopic (exact) mass is 420 g/mol. The molecule has 2 aromatic carbocycles. The molecule has 2 heterocycles. The number of rotatable bonds is 5. The van der Waals surface area contributed by atoms with Crippen molar-refractivity contribution in [3.8, 4) is 11.1 Å². The van der Waals surface area contributed by atoms with Crippen LogP contribution in [0.4, 0.5) is 5.69 Å². The molecular formula is C23H22N3O3S-. The largest absolute Gasteiger partial charge is 0.441 e. The van der Waals surface area contributed by atoms with Crippen molar-refractivity contribution in [2.24, 2.45) is 11.4 Å². The molecule has 0 unspecified atom stereocenters. The summed E-state index contributed by atoms with van der Waals surface area (Å²) in [7, 11) is 1.32. The average molecular weight is 421 g/mol. The lowest BCUT2D eigenvalue weighted by Gasteiger charge is -2.12. The summed E-state index contributed by atoms with van der Waals surface area (Å²) in [6, 6.07) is 18.0. The van der Waals surface area contributed by atoms with E-state index in [0.29, 0.717) is 17.8 Å². The second-order valence-corrected chi connectivity index (χ2v) is 8.11. The first-order chi connectivity index (χ1) is 14.5. The van der Waals surface area contributed by atoms with Gasteiger partial charge < -0.3 is 21.9 Å². The van der Waals surface area contributed by atoms with Crippen LogP contribution in [0.1, 0.15) is 11.1 Å². The Labute approximate surface area is 176 Å². The van der Waals surface area contributed by atoms with Crippen LogP contribution in [-0.2, 0) is 32.9 Å². The van der Waals surface area contributed by atoms with Crippen LogP contribution in [0, 0.1) is 6.92 Å². The predicted octanol–water partition coefficient (Wildman–Crippen LogP) is 4.70. The summed E-state index contributed by atoms with van der Waals surface area (Å²) in [5.74, 6) is 0. The number of hydrogen-bond donors (Lipinski definition) is 0. The number of aryl methyl sites for hydroxylation is 2. The second-order valence-electron chi connectivity index (χ2n) is 7.16. The number of hydrogen-bond acceptors (Lipinski definition) is 5. The number of pyridine rings is 1. The third-order valence-electron chi connectivity index (χ3n) is 5.07. The van der Waals surface area contributed by atoms with Crippen molar-refractivity contribution in [2.75, 3.05) is 7.11 Å². The van der Waals surface area contributed by atoms with Crippen molar-refractivity contribution >= 4 is 27.5 Å². The van der Waals surface area contributed by atoms with E-state index in [-0.39, 0.29) is 5.56 Å². The maximum atomic E-state index is 12.1. The Morgan fingerprint density at radius 3 is 2.53 bits per heavy atom. The molecule has 0 bridgehead atoms. The van der Waals surface area contributed by atoms with E-state index < -0.39 is 10.9 Å². The fourth-order valence-electron chi connectivity index (χ4n) is 3.59. The zero-order valence-corrected chi connectivity index (χ0v) is 17.8. The average Bonchev–Trinajstić information content (AvgIpc) is 3.15. The van der Waals surface area contributed by atoms with E-state index >= 15 is 0 Å². The molecule has 0 saturated carbocycles. The highest BCUT2D eigenvalue weighted by Crippen LogP contribution is 2.34. The van der Waals surface area contributed by atoms with Gasteiger partial charge in [-0.25, -0.2) is 0 Å². The first-order valence-corrected chi connectivity index (χ1v) is 10.5. The van der Waals surface area contributed by atoms with Crippen LogP contribution < -0.4 is 5.56 Å². The number of aromatic nitrogens is 2. The maximum Gasteiger partial charge on any atom is 0.253 e. The van der Waals surface area contributed by atoms with Gasteiger partial charge in [0.1, 0.15) is 0 Å². The summed E-state index contributed by atoms with van der Waals surface area (Å²) in [6.07, 6.45) is 3.81. The van der Waals surface area contributed by atoms with Gasteiger partial charge in [-0.2, -0.15) is 0 Å². The van der Waals surface area contributed by atoms with Crippen LogP contribution in [0.3, 0.4) is 0 Å². The van der Waals surface area contributed by atoms with Crippen molar-refractivity contribution in [1.29, 1.82) is 0 Å². The van der Waals surface area contributed by atoms with Gasteiger partial charge >= 0.3 is 0 Å². The number of fused-ring (bicyclic) bond motifs is 1. The molecule has 7 heteroatoms. The smallest absolute Gasteiger partial charge is 0.253 e. The molecule has 4 aromatic rings. The van der Waals surface area contributed by atoms with Crippen LogP contribution >= 0.6 is 0 Å². The Morgan fingerprint density at radius 1 is 1.07 bits per heavy atom. The molecule has 0 aliphatic rings. The number of nitrogens with zero attached hydrogens (tertiary/aromatic N) is 3. The molecule has 0 N–H and O–H groups in total. The fraction of sp³-hybridized carbons (Fsp3) is 0.174. The fourth-order valence-corrected chi connectivity index (χ4v) is 3.98. The molecule has 0 radical (unpaired) electrons. The molecule has 0 spiro atoms. The molecule has 0 saturated heterocycles. The van der Waals surface area contributed by atoms with E-state index in [9.17, 15) is 9.00 Å². The lowest BCUT2D eigenvalue weighted by Crippen LogP contribution is -2.18. The van der Waals surface area contributed by atoms with E-state index in [1.54, 1.807) is 24.7 Å². The van der Waals surface area contributed by atoms with Crippen LogP contribution in [0.25, 0.3) is 22.0 Å². The standard InChI is InChI=1S/C23H22N3O3S/c1-16-11-19(15-25(2)23(16)27)18-12-21(24-30(28)29-3)20-9-10-26(22(20)13-18)14-17-7-5-4-6-8-17/h4-13,15H,14H2,1-3H3/q-1. The Morgan fingerprint density at radius 2 is 1.83 bits per heavy atom. The molecule has 30 heavy (non-hydrogen) atoms. The summed E-state index contributed by atoms with van der Waals surface area (Å²) in [4.78, 5) is 12.1. The van der Waals surface area contributed by atoms with Crippen molar-refractivity contribution < 1.29 is 8.39 Å². The van der Waals surface area contributed by atoms with Gasteiger partial charge in [0.05, 0.1) is 5.52 Å². The van der Waals surface area contributed by atoms with Crippen LogP contribution in [0.15, 0.2) is 76.1 Å². The van der Waals surface area contributed by atoms with E-state index in [2.05, 4.69) is 27.1 Å². The van der Waals surface area contributed by atoms with E-state index in [4.69, 9.17) is 4.18 Å². The molecule has 6 nitrogen and oxygen atoms in total. The van der Waals surface area contributed by atoms with Gasteiger partial charge in [0.25, 0.3) is 5.56 Å². The van der Waals surface area contributed by atoms with Gasteiger partial charge in [0, 0.05) is 49.7 Å². The highest BCUT2D eigenvalue weighted by atomic mass is 32.2. The molecule has 154 valence electrons. The Hall–Kier alpha value is -3.16. The second kappa shape index (κ2) is 8.30. The topological polar surface area (TPSA) is 65.6 Å². The highest BCUT2D eigenvalue weighted by molar-refractivity contribution is 7.69. The third-order valence-corrected chi connectivity index (χ3v) is 5.70. The Kier molecular flexibility index (Phi) is 5.57. The van der Waals surface area contributed by atoms with E-state index in [1.165, 1.54) is 12.7 Å². The molecule has 0 amide bonds. The molecule has 0 aliphatic heterocycles. The summed E-state index contributed by atoms with van der Waals surface area (Å²) in [5.41, 5.74) is 5.14. The molecule has 4 rings (SSSR count). The first kappa shape index (κ1) is 20.1. The molecule has 0 aliphatic carbocycles. The molecular weight excluding hydrogens is 398 g/mol. The van der Waals surface area contributed by atoms with Crippen molar-refractivity contribution in [1.82, 2.24) is 9.13 Å². The highest BCUT2D eigenvalue weighted by Gasteiger charge is 2.11. The SMILES string of the molecule is CO[S-](=O)=Nc1cc(-c2cc(C)c(=O)n(C)c2)cc2c1ccn2Cc1ccccc1. The summed E-state index contributed by atoms with van der Waals surface area (Å²) >= 11 is 0. The maximum absolute atomic E-state index is 12.1. The van der Waals surface area contributed by atoms with E-state index in [1.807, 2.05) is 42.6 Å². The van der Waals surface area contributed by atoms with Crippen LogP contribution in [0.5, 0.6) is 0 Å². The lowest BCUT2D eigenvalue weighted by molar-refractivity contribution is 0.438. The summed E-state index contributed by atoms with van der Waals surface area (Å²) in [5, 5.41) is 0.890. The summed E-state index contributed by atoms with van der Waals surface area (Å²) in [6.45, 7) is 2.50. The van der Waals surface area contributed by atoms with Gasteiger partial charge in [0.15, 0.2) is 0 Å². The van der Waals surface area contributed by atoms with E-state index in [0.717, 1.165) is 22.0 Å². The molecule has 0 fully saturated rings.